The average Bonchev–Trinajstić information content (AvgIpc) is 2.82. The molecule has 1 aliphatic heterocycles. The predicted molar refractivity (Wildman–Crippen MR) is 115 cm³/mol. The van der Waals surface area contributed by atoms with Crippen molar-refractivity contribution in [1.29, 1.82) is 0 Å². The highest BCUT2D eigenvalue weighted by molar-refractivity contribution is 5.92. The standard InChI is InChI=1S/C24H22N2O5/c1-30-23(27)22-21(31-15-16-6-3-2-4-7-16)12-11-19(25-22)18-10-9-17-8-5-13-26(24(28)29)20(17)14-18/h2-4,6-7,9-12,14H,5,8,13,15H2,1H3,(H,28,29). The summed E-state index contributed by atoms with van der Waals surface area (Å²) in [6.07, 6.45) is 0.634. The van der Waals surface area contributed by atoms with Gasteiger partial charge in [-0.15, -0.1) is 0 Å². The number of hydrogen-bond acceptors (Lipinski definition) is 5. The van der Waals surface area contributed by atoms with Crippen LogP contribution in [0.1, 0.15) is 28.0 Å². The zero-order chi connectivity index (χ0) is 21.8. The van der Waals surface area contributed by atoms with Gasteiger partial charge in [0.15, 0.2) is 11.4 Å². The third-order valence-electron chi connectivity index (χ3n) is 5.20. The molecule has 2 heterocycles. The largest absolute Gasteiger partial charge is 0.486 e. The molecule has 3 aromatic rings. The third-order valence-corrected chi connectivity index (χ3v) is 5.20. The highest BCUT2D eigenvalue weighted by atomic mass is 16.5. The number of carbonyl (C=O) groups is 2. The number of methoxy groups -OCH3 is 1. The van der Waals surface area contributed by atoms with Crippen LogP contribution in [-0.4, -0.2) is 35.8 Å². The fraction of sp³-hybridized carbons (Fsp3) is 0.208. The van der Waals surface area contributed by atoms with Crippen LogP contribution in [0.25, 0.3) is 11.3 Å². The first-order chi connectivity index (χ1) is 15.1. The van der Waals surface area contributed by atoms with Crippen LogP contribution in [-0.2, 0) is 17.8 Å². The van der Waals surface area contributed by atoms with Crippen molar-refractivity contribution in [1.82, 2.24) is 4.98 Å². The summed E-state index contributed by atoms with van der Waals surface area (Å²) in [5.41, 5.74) is 3.92. The second kappa shape index (κ2) is 8.87. The maximum absolute atomic E-state index is 12.4. The number of fused-ring (bicyclic) bond motifs is 1. The number of aryl methyl sites for hydroxylation is 1. The Balaban J connectivity index is 1.67. The molecule has 0 bridgehead atoms. The monoisotopic (exact) mass is 418 g/mol. The van der Waals surface area contributed by atoms with Crippen molar-refractivity contribution in [2.45, 2.75) is 19.4 Å². The number of esters is 1. The number of carbonyl (C=O) groups excluding carboxylic acids is 1. The van der Waals surface area contributed by atoms with Gasteiger partial charge in [-0.1, -0.05) is 42.5 Å². The van der Waals surface area contributed by atoms with E-state index in [1.54, 1.807) is 18.2 Å². The van der Waals surface area contributed by atoms with Gasteiger partial charge < -0.3 is 14.6 Å². The Morgan fingerprint density at radius 1 is 1.10 bits per heavy atom. The van der Waals surface area contributed by atoms with Crippen molar-refractivity contribution in [3.8, 4) is 17.0 Å². The number of amides is 1. The van der Waals surface area contributed by atoms with E-state index in [2.05, 4.69) is 4.98 Å². The summed E-state index contributed by atoms with van der Waals surface area (Å²) in [5.74, 6) is -0.278. The fourth-order valence-corrected chi connectivity index (χ4v) is 3.63. The number of aromatic nitrogens is 1. The highest BCUT2D eigenvalue weighted by Crippen LogP contribution is 2.33. The lowest BCUT2D eigenvalue weighted by Crippen LogP contribution is -2.34. The second-order valence-corrected chi connectivity index (χ2v) is 7.19. The molecule has 0 fully saturated rings. The molecule has 0 spiro atoms. The molecule has 4 rings (SSSR count). The van der Waals surface area contributed by atoms with Gasteiger partial charge in [-0.05, 0) is 42.2 Å². The molecule has 1 aromatic heterocycles. The van der Waals surface area contributed by atoms with Crippen LogP contribution < -0.4 is 9.64 Å². The van der Waals surface area contributed by atoms with Crippen molar-refractivity contribution in [3.05, 3.63) is 77.5 Å². The molecule has 0 saturated carbocycles. The minimum atomic E-state index is -0.981. The SMILES string of the molecule is COC(=O)c1nc(-c2ccc3c(c2)N(C(=O)O)CCC3)ccc1OCc1ccccc1. The van der Waals surface area contributed by atoms with Crippen LogP contribution >= 0.6 is 0 Å². The summed E-state index contributed by atoms with van der Waals surface area (Å²) in [4.78, 5) is 29.8. The summed E-state index contributed by atoms with van der Waals surface area (Å²) >= 11 is 0. The predicted octanol–water partition coefficient (Wildman–Crippen LogP) is 4.54. The van der Waals surface area contributed by atoms with E-state index in [1.807, 2.05) is 42.5 Å². The molecule has 7 nitrogen and oxygen atoms in total. The lowest BCUT2D eigenvalue weighted by Gasteiger charge is -2.27. The first-order valence-corrected chi connectivity index (χ1v) is 9.96. The molecule has 2 aromatic carbocycles. The lowest BCUT2D eigenvalue weighted by molar-refractivity contribution is 0.0588. The van der Waals surface area contributed by atoms with Crippen LogP contribution in [0.4, 0.5) is 10.5 Å². The van der Waals surface area contributed by atoms with E-state index in [0.717, 1.165) is 24.0 Å². The minimum absolute atomic E-state index is 0.0729. The van der Waals surface area contributed by atoms with Gasteiger partial charge >= 0.3 is 12.1 Å². The van der Waals surface area contributed by atoms with Gasteiger partial charge in [0.25, 0.3) is 0 Å². The quantitative estimate of drug-likeness (QED) is 0.612. The molecule has 158 valence electrons. The molecular weight excluding hydrogens is 396 g/mol. The van der Waals surface area contributed by atoms with E-state index >= 15 is 0 Å². The van der Waals surface area contributed by atoms with E-state index in [4.69, 9.17) is 9.47 Å². The molecule has 7 heteroatoms. The Hall–Kier alpha value is -3.87. The topological polar surface area (TPSA) is 89.0 Å². The summed E-state index contributed by atoms with van der Waals surface area (Å²) in [6, 6.07) is 18.7. The van der Waals surface area contributed by atoms with E-state index in [1.165, 1.54) is 12.0 Å². The number of carboxylic acid groups (broad SMARTS) is 1. The molecule has 1 amide bonds. The first kappa shape index (κ1) is 20.4. The van der Waals surface area contributed by atoms with E-state index in [-0.39, 0.29) is 12.3 Å². The smallest absolute Gasteiger partial charge is 0.411 e. The number of rotatable bonds is 5. The maximum atomic E-state index is 12.4. The van der Waals surface area contributed by atoms with Crippen LogP contribution in [0.5, 0.6) is 5.75 Å². The summed E-state index contributed by atoms with van der Waals surface area (Å²) in [7, 11) is 1.29. The summed E-state index contributed by atoms with van der Waals surface area (Å²) in [5, 5.41) is 9.52. The first-order valence-electron chi connectivity index (χ1n) is 9.96. The molecule has 0 aliphatic carbocycles. The van der Waals surface area contributed by atoms with Gasteiger partial charge in [-0.25, -0.2) is 14.6 Å². The fourth-order valence-electron chi connectivity index (χ4n) is 3.63. The molecule has 31 heavy (non-hydrogen) atoms. The van der Waals surface area contributed by atoms with Gasteiger partial charge in [0.2, 0.25) is 0 Å². The Labute approximate surface area is 179 Å². The van der Waals surface area contributed by atoms with E-state index in [0.29, 0.717) is 29.2 Å². The number of nitrogens with zero attached hydrogens (tertiary/aromatic N) is 2. The molecule has 0 radical (unpaired) electrons. The van der Waals surface area contributed by atoms with E-state index in [9.17, 15) is 14.7 Å². The van der Waals surface area contributed by atoms with Crippen LogP contribution in [0.2, 0.25) is 0 Å². The van der Waals surface area contributed by atoms with Gasteiger partial charge in [0.1, 0.15) is 6.61 Å². The molecule has 0 saturated heterocycles. The average molecular weight is 418 g/mol. The zero-order valence-electron chi connectivity index (χ0n) is 17.1. The number of pyridine rings is 1. The molecular formula is C24H22N2O5. The second-order valence-electron chi connectivity index (χ2n) is 7.19. The van der Waals surface area contributed by atoms with E-state index < -0.39 is 12.1 Å². The maximum Gasteiger partial charge on any atom is 0.411 e. The molecule has 0 unspecified atom stereocenters. The Kier molecular flexibility index (Phi) is 5.84. The summed E-state index contributed by atoms with van der Waals surface area (Å²) in [6.45, 7) is 0.747. The van der Waals surface area contributed by atoms with Crippen molar-refractivity contribution in [3.63, 3.8) is 0 Å². The molecule has 0 atom stereocenters. The van der Waals surface area contributed by atoms with Crippen LogP contribution in [0, 0.1) is 0 Å². The van der Waals surface area contributed by atoms with Crippen molar-refractivity contribution < 1.29 is 24.2 Å². The van der Waals surface area contributed by atoms with Crippen molar-refractivity contribution in [2.75, 3.05) is 18.6 Å². The van der Waals surface area contributed by atoms with Crippen LogP contribution in [0.3, 0.4) is 0 Å². The zero-order valence-corrected chi connectivity index (χ0v) is 17.1. The van der Waals surface area contributed by atoms with Crippen LogP contribution in [0.15, 0.2) is 60.7 Å². The van der Waals surface area contributed by atoms with Crippen molar-refractivity contribution >= 4 is 17.7 Å². The normalized spacial score (nSPS) is 12.7. The summed E-state index contributed by atoms with van der Waals surface area (Å²) < 4.78 is 10.7. The number of benzene rings is 2. The highest BCUT2D eigenvalue weighted by Gasteiger charge is 2.23. The van der Waals surface area contributed by atoms with Gasteiger partial charge in [0.05, 0.1) is 18.5 Å². The minimum Gasteiger partial charge on any atom is -0.486 e. The van der Waals surface area contributed by atoms with Gasteiger partial charge in [0, 0.05) is 12.1 Å². The number of anilines is 1. The number of ether oxygens (including phenoxy) is 2. The van der Waals surface area contributed by atoms with Gasteiger partial charge in [-0.3, -0.25) is 4.90 Å². The lowest BCUT2D eigenvalue weighted by atomic mass is 9.98. The Morgan fingerprint density at radius 3 is 2.65 bits per heavy atom. The molecule has 1 aliphatic rings. The molecule has 1 N–H and O–H groups in total. The third kappa shape index (κ3) is 4.35. The Bertz CT molecular complexity index is 1110. The van der Waals surface area contributed by atoms with Gasteiger partial charge in [-0.2, -0.15) is 0 Å². The number of hydrogen-bond donors (Lipinski definition) is 1. The Morgan fingerprint density at radius 2 is 1.90 bits per heavy atom. The van der Waals surface area contributed by atoms with Crippen molar-refractivity contribution in [2.24, 2.45) is 0 Å².